The van der Waals surface area contributed by atoms with E-state index in [2.05, 4.69) is 0 Å². The van der Waals surface area contributed by atoms with Crippen LogP contribution in [-0.2, 0) is 9.59 Å². The van der Waals surface area contributed by atoms with Gasteiger partial charge in [-0.25, -0.2) is 0 Å². The Morgan fingerprint density at radius 2 is 1.95 bits per heavy atom. The first-order chi connectivity index (χ1) is 8.63. The van der Waals surface area contributed by atoms with Crippen LogP contribution in [0.15, 0.2) is 11.6 Å². The van der Waals surface area contributed by atoms with Gasteiger partial charge in [-0.3, -0.25) is 9.59 Å². The van der Waals surface area contributed by atoms with Gasteiger partial charge < -0.3 is 10.2 Å². The minimum absolute atomic E-state index is 0.0845. The molecule has 19 heavy (non-hydrogen) atoms. The molecular weight excluding hydrogens is 244 g/mol. The van der Waals surface area contributed by atoms with Gasteiger partial charge in [0, 0.05) is 5.41 Å². The van der Waals surface area contributed by atoms with Crippen molar-refractivity contribution in [2.24, 2.45) is 22.7 Å². The summed E-state index contributed by atoms with van der Waals surface area (Å²) in [5.74, 6) is -0.634. The lowest BCUT2D eigenvalue weighted by molar-refractivity contribution is -0.148. The fourth-order valence-electron chi connectivity index (χ4n) is 4.69. The van der Waals surface area contributed by atoms with Crippen LogP contribution in [0.1, 0.15) is 40.0 Å². The Labute approximate surface area is 112 Å². The van der Waals surface area contributed by atoms with Crippen LogP contribution in [0.5, 0.6) is 0 Å². The normalized spacial score (nSPS) is 52.0. The third-order valence-corrected chi connectivity index (χ3v) is 6.16. The molecule has 0 spiro atoms. The quantitative estimate of drug-likeness (QED) is 0.757. The van der Waals surface area contributed by atoms with E-state index in [4.69, 9.17) is 0 Å². The van der Waals surface area contributed by atoms with Gasteiger partial charge in [0.1, 0.15) is 5.60 Å². The molecule has 0 radical (unpaired) electrons. The highest BCUT2D eigenvalue weighted by Crippen LogP contribution is 2.67. The van der Waals surface area contributed by atoms with E-state index in [9.17, 15) is 19.8 Å². The van der Waals surface area contributed by atoms with Crippen LogP contribution in [0, 0.1) is 22.7 Å². The second-order valence-corrected chi connectivity index (χ2v) is 7.15. The minimum atomic E-state index is -1.38. The molecule has 0 unspecified atom stereocenters. The van der Waals surface area contributed by atoms with Crippen LogP contribution in [-0.4, -0.2) is 27.6 Å². The molecule has 0 aromatic heterocycles. The third-order valence-electron chi connectivity index (χ3n) is 6.16. The molecule has 0 aliphatic heterocycles. The Bertz CT molecular complexity index is 518. The van der Waals surface area contributed by atoms with Crippen molar-refractivity contribution in [3.63, 3.8) is 0 Å². The van der Waals surface area contributed by atoms with Gasteiger partial charge >= 0.3 is 5.97 Å². The molecule has 2 N–H and O–H groups in total. The van der Waals surface area contributed by atoms with Crippen molar-refractivity contribution in [3.05, 3.63) is 11.6 Å². The summed E-state index contributed by atoms with van der Waals surface area (Å²) in [7, 11) is 0. The number of fused-ring (bicyclic) bond motifs is 3. The summed E-state index contributed by atoms with van der Waals surface area (Å²) in [4.78, 5) is 23.4. The lowest BCUT2D eigenvalue weighted by atomic mass is 9.66. The summed E-state index contributed by atoms with van der Waals surface area (Å²) >= 11 is 0. The number of carboxylic acids is 1. The first-order valence-electron chi connectivity index (χ1n) is 6.84. The number of carbonyl (C=O) groups excluding carboxylic acids is 1. The van der Waals surface area contributed by atoms with Crippen LogP contribution < -0.4 is 0 Å². The number of rotatable bonds is 1. The molecule has 4 heteroatoms. The SMILES string of the molecule is C[C@]1(C(=O)O)C[C@@H]2CC3=CC(=O)[C@](C)(O)[C@@]3(C)[C@@H]2C1. The molecule has 4 nitrogen and oxygen atoms in total. The molecule has 3 aliphatic carbocycles. The fraction of sp³-hybridized carbons (Fsp3) is 0.733. The number of carbonyl (C=O) groups is 2. The van der Waals surface area contributed by atoms with Crippen LogP contribution in [0.25, 0.3) is 0 Å². The largest absolute Gasteiger partial charge is 0.481 e. The van der Waals surface area contributed by atoms with Crippen molar-refractivity contribution in [2.45, 2.75) is 45.6 Å². The van der Waals surface area contributed by atoms with Gasteiger partial charge in [0.2, 0.25) is 0 Å². The van der Waals surface area contributed by atoms with Crippen molar-refractivity contribution in [1.29, 1.82) is 0 Å². The number of hydrogen-bond acceptors (Lipinski definition) is 3. The molecule has 0 bridgehead atoms. The van der Waals surface area contributed by atoms with Crippen LogP contribution in [0.4, 0.5) is 0 Å². The first kappa shape index (κ1) is 12.9. The summed E-state index contributed by atoms with van der Waals surface area (Å²) in [6.45, 7) is 5.30. The van der Waals surface area contributed by atoms with Gasteiger partial charge in [-0.1, -0.05) is 12.5 Å². The molecule has 2 fully saturated rings. The molecule has 2 saturated carbocycles. The Morgan fingerprint density at radius 1 is 1.32 bits per heavy atom. The molecule has 0 amide bonds. The molecule has 0 heterocycles. The average Bonchev–Trinajstić information content (AvgIpc) is 2.80. The minimum Gasteiger partial charge on any atom is -0.481 e. The van der Waals surface area contributed by atoms with E-state index in [-0.39, 0.29) is 17.6 Å². The first-order valence-corrected chi connectivity index (χ1v) is 6.84. The van der Waals surface area contributed by atoms with E-state index in [1.54, 1.807) is 19.9 Å². The monoisotopic (exact) mass is 264 g/mol. The smallest absolute Gasteiger partial charge is 0.309 e. The maximum absolute atomic E-state index is 12.0. The second-order valence-electron chi connectivity index (χ2n) is 7.15. The van der Waals surface area contributed by atoms with E-state index in [1.165, 1.54) is 0 Å². The van der Waals surface area contributed by atoms with Crippen LogP contribution in [0.2, 0.25) is 0 Å². The lowest BCUT2D eigenvalue weighted by Gasteiger charge is -2.40. The summed E-state index contributed by atoms with van der Waals surface area (Å²) in [6.07, 6.45) is 3.54. The van der Waals surface area contributed by atoms with E-state index in [0.717, 1.165) is 12.0 Å². The standard InChI is InChI=1S/C15H20O4/c1-13(12(17)18)6-8-4-9-5-11(16)15(3,19)14(9,2)10(8)7-13/h5,8,10,19H,4,6-7H2,1-3H3,(H,17,18)/t8-,10+,13-,14+,15-/m0/s1. The van der Waals surface area contributed by atoms with E-state index >= 15 is 0 Å². The molecule has 3 aliphatic rings. The second kappa shape index (κ2) is 3.29. The van der Waals surface area contributed by atoms with E-state index in [1.807, 2.05) is 6.92 Å². The van der Waals surface area contributed by atoms with Gasteiger partial charge in [0.25, 0.3) is 0 Å². The van der Waals surface area contributed by atoms with Gasteiger partial charge in [-0.2, -0.15) is 0 Å². The molecule has 3 rings (SSSR count). The van der Waals surface area contributed by atoms with E-state index < -0.39 is 22.4 Å². The Morgan fingerprint density at radius 3 is 2.53 bits per heavy atom. The number of aliphatic hydroxyl groups is 1. The lowest BCUT2D eigenvalue weighted by Crippen LogP contribution is -2.49. The molecular formula is C15H20O4. The summed E-state index contributed by atoms with van der Waals surface area (Å²) in [6, 6.07) is 0. The van der Waals surface area contributed by atoms with Crippen LogP contribution in [0.3, 0.4) is 0 Å². The van der Waals surface area contributed by atoms with E-state index in [0.29, 0.717) is 12.8 Å². The summed E-state index contributed by atoms with van der Waals surface area (Å²) in [5, 5.41) is 20.0. The number of hydrogen-bond donors (Lipinski definition) is 2. The number of ketones is 1. The Kier molecular flexibility index (Phi) is 2.23. The van der Waals surface area contributed by atoms with Gasteiger partial charge in [-0.15, -0.1) is 0 Å². The van der Waals surface area contributed by atoms with Crippen molar-refractivity contribution in [3.8, 4) is 0 Å². The Balaban J connectivity index is 2.03. The van der Waals surface area contributed by atoms with Gasteiger partial charge in [0.15, 0.2) is 5.78 Å². The maximum atomic E-state index is 12.0. The van der Waals surface area contributed by atoms with Gasteiger partial charge in [-0.05, 0) is 51.0 Å². The van der Waals surface area contributed by atoms with Gasteiger partial charge in [0.05, 0.1) is 5.41 Å². The zero-order valence-corrected chi connectivity index (χ0v) is 11.6. The maximum Gasteiger partial charge on any atom is 0.309 e. The van der Waals surface area contributed by atoms with Crippen molar-refractivity contribution >= 4 is 11.8 Å². The summed E-state index contributed by atoms with van der Waals surface area (Å²) in [5.41, 5.74) is -1.66. The molecule has 0 aromatic rings. The number of carboxylic acid groups (broad SMARTS) is 1. The topological polar surface area (TPSA) is 74.6 Å². The number of aliphatic carboxylic acids is 1. The molecule has 104 valence electrons. The molecule has 5 atom stereocenters. The highest BCUT2D eigenvalue weighted by molar-refractivity contribution is 6.02. The van der Waals surface area contributed by atoms with Crippen molar-refractivity contribution in [1.82, 2.24) is 0 Å². The Hall–Kier alpha value is -1.16. The molecule has 0 aromatic carbocycles. The summed E-state index contributed by atoms with van der Waals surface area (Å²) < 4.78 is 0. The average molecular weight is 264 g/mol. The zero-order chi connectivity index (χ0) is 14.2. The highest BCUT2D eigenvalue weighted by Gasteiger charge is 2.67. The van der Waals surface area contributed by atoms with Crippen LogP contribution >= 0.6 is 0 Å². The highest BCUT2D eigenvalue weighted by atomic mass is 16.4. The fourth-order valence-corrected chi connectivity index (χ4v) is 4.69. The van der Waals surface area contributed by atoms with Crippen molar-refractivity contribution in [2.75, 3.05) is 0 Å². The molecule has 0 saturated heterocycles. The zero-order valence-electron chi connectivity index (χ0n) is 11.6. The van der Waals surface area contributed by atoms with Crippen molar-refractivity contribution < 1.29 is 19.8 Å². The predicted molar refractivity (Wildman–Crippen MR) is 68.4 cm³/mol. The predicted octanol–water partition coefficient (Wildman–Crippen LogP) is 1.77. The third kappa shape index (κ3) is 1.28.